The van der Waals surface area contributed by atoms with Gasteiger partial charge in [0.05, 0.1) is 6.26 Å². The largest absolute Gasteiger partial charge is 0.212 e. The normalized spacial score (nSPS) is 27.6. The van der Waals surface area contributed by atoms with Gasteiger partial charge < -0.3 is 0 Å². The summed E-state index contributed by atoms with van der Waals surface area (Å²) in [5.74, 6) is 0.221. The molecule has 18 heavy (non-hydrogen) atoms. The van der Waals surface area contributed by atoms with E-state index in [1.165, 1.54) is 11.8 Å². The molecular formula is C14H17NO2S. The van der Waals surface area contributed by atoms with Crippen LogP contribution in [0.5, 0.6) is 0 Å². The molecule has 0 amide bonds. The molecular weight excluding hydrogens is 246 g/mol. The smallest absolute Gasteiger partial charge is 0.211 e. The molecule has 0 unspecified atom stereocenters. The van der Waals surface area contributed by atoms with Gasteiger partial charge in [0.25, 0.3) is 0 Å². The second kappa shape index (κ2) is 4.21. The minimum atomic E-state index is -3.14. The molecule has 1 aromatic carbocycles. The van der Waals surface area contributed by atoms with Crippen molar-refractivity contribution >= 4 is 10.0 Å². The first kappa shape index (κ1) is 11.9. The summed E-state index contributed by atoms with van der Waals surface area (Å²) >= 11 is 0. The van der Waals surface area contributed by atoms with Gasteiger partial charge >= 0.3 is 0 Å². The topological polar surface area (TPSA) is 37.4 Å². The van der Waals surface area contributed by atoms with Gasteiger partial charge in [-0.15, -0.1) is 0 Å². The average molecular weight is 263 g/mol. The summed E-state index contributed by atoms with van der Waals surface area (Å²) < 4.78 is 25.6. The van der Waals surface area contributed by atoms with Crippen LogP contribution in [0.3, 0.4) is 0 Å². The molecule has 0 N–H and O–H groups in total. The summed E-state index contributed by atoms with van der Waals surface area (Å²) in [6.45, 7) is 0.518. The highest BCUT2D eigenvalue weighted by Crippen LogP contribution is 2.39. The molecule has 1 aromatic rings. The van der Waals surface area contributed by atoms with Gasteiger partial charge in [-0.05, 0) is 24.0 Å². The first-order chi connectivity index (χ1) is 8.57. The SMILES string of the molecule is CS(=O)(=O)N1Cc2ccccc2[C@@H]2C=CCC[C@@H]21. The van der Waals surface area contributed by atoms with E-state index in [-0.39, 0.29) is 12.0 Å². The van der Waals surface area contributed by atoms with Crippen LogP contribution in [0, 0.1) is 0 Å². The van der Waals surface area contributed by atoms with Crippen LogP contribution in [-0.4, -0.2) is 25.0 Å². The quantitative estimate of drug-likeness (QED) is 0.729. The molecule has 0 bridgehead atoms. The number of rotatable bonds is 1. The first-order valence-corrected chi connectivity index (χ1v) is 8.13. The van der Waals surface area contributed by atoms with Gasteiger partial charge in [0.15, 0.2) is 0 Å². The van der Waals surface area contributed by atoms with Crippen molar-refractivity contribution in [2.75, 3.05) is 6.26 Å². The maximum atomic E-state index is 12.0. The minimum Gasteiger partial charge on any atom is -0.212 e. The van der Waals surface area contributed by atoms with E-state index < -0.39 is 10.0 Å². The van der Waals surface area contributed by atoms with Gasteiger partial charge in [-0.2, -0.15) is 4.31 Å². The Balaban J connectivity index is 2.13. The van der Waals surface area contributed by atoms with Gasteiger partial charge in [-0.1, -0.05) is 36.4 Å². The molecule has 1 heterocycles. The Morgan fingerprint density at radius 2 is 2.06 bits per heavy atom. The molecule has 0 aromatic heterocycles. The molecule has 3 nitrogen and oxygen atoms in total. The summed E-state index contributed by atoms with van der Waals surface area (Å²) in [5, 5.41) is 0. The molecule has 1 aliphatic carbocycles. The van der Waals surface area contributed by atoms with Crippen molar-refractivity contribution in [1.29, 1.82) is 0 Å². The predicted molar refractivity (Wildman–Crippen MR) is 71.7 cm³/mol. The lowest BCUT2D eigenvalue weighted by molar-refractivity contribution is 0.255. The second-order valence-corrected chi connectivity index (χ2v) is 7.04. The van der Waals surface area contributed by atoms with Crippen LogP contribution in [0.4, 0.5) is 0 Å². The van der Waals surface area contributed by atoms with Crippen molar-refractivity contribution < 1.29 is 8.42 Å². The molecule has 0 fully saturated rings. The standard InChI is InChI=1S/C14H17NO2S/c1-18(16,17)15-10-11-6-2-3-7-12(11)13-8-4-5-9-14(13)15/h2-4,6-8,13-14H,5,9-10H2,1H3/t13-,14-/m0/s1. The Bertz CT molecular complexity index is 592. The summed E-state index contributed by atoms with van der Waals surface area (Å²) in [6, 6.07) is 8.27. The Morgan fingerprint density at radius 1 is 1.28 bits per heavy atom. The third-order valence-electron chi connectivity index (χ3n) is 3.92. The molecule has 0 radical (unpaired) electrons. The lowest BCUT2D eigenvalue weighted by Gasteiger charge is -2.41. The number of sulfonamides is 1. The number of benzene rings is 1. The van der Waals surface area contributed by atoms with Crippen molar-refractivity contribution in [3.8, 4) is 0 Å². The highest BCUT2D eigenvalue weighted by atomic mass is 32.2. The number of fused-ring (bicyclic) bond motifs is 3. The fourth-order valence-electron chi connectivity index (χ4n) is 3.10. The summed E-state index contributed by atoms with van der Waals surface area (Å²) in [7, 11) is -3.14. The zero-order valence-electron chi connectivity index (χ0n) is 10.4. The predicted octanol–water partition coefficient (Wildman–Crippen LogP) is 2.26. The van der Waals surface area contributed by atoms with E-state index in [0.29, 0.717) is 6.54 Å². The maximum absolute atomic E-state index is 12.0. The molecule has 2 atom stereocenters. The van der Waals surface area contributed by atoms with Crippen LogP contribution in [0.25, 0.3) is 0 Å². The Morgan fingerprint density at radius 3 is 2.83 bits per heavy atom. The van der Waals surface area contributed by atoms with E-state index in [9.17, 15) is 8.42 Å². The van der Waals surface area contributed by atoms with E-state index in [4.69, 9.17) is 0 Å². The van der Waals surface area contributed by atoms with Crippen molar-refractivity contribution in [1.82, 2.24) is 4.31 Å². The number of hydrogen-bond donors (Lipinski definition) is 0. The van der Waals surface area contributed by atoms with Crippen LogP contribution in [0.15, 0.2) is 36.4 Å². The van der Waals surface area contributed by atoms with Crippen molar-refractivity contribution in [3.63, 3.8) is 0 Å². The van der Waals surface area contributed by atoms with E-state index in [1.54, 1.807) is 4.31 Å². The molecule has 0 saturated heterocycles. The monoisotopic (exact) mass is 263 g/mol. The molecule has 1 aliphatic heterocycles. The third kappa shape index (κ3) is 1.89. The van der Waals surface area contributed by atoms with Crippen molar-refractivity contribution in [2.45, 2.75) is 31.3 Å². The van der Waals surface area contributed by atoms with Gasteiger partial charge in [0.2, 0.25) is 10.0 Å². The van der Waals surface area contributed by atoms with E-state index >= 15 is 0 Å². The zero-order valence-corrected chi connectivity index (χ0v) is 11.2. The highest BCUT2D eigenvalue weighted by molar-refractivity contribution is 7.88. The number of allylic oxidation sites excluding steroid dienone is 1. The Hall–Kier alpha value is -1.13. The molecule has 0 spiro atoms. The number of nitrogens with zero attached hydrogens (tertiary/aromatic N) is 1. The van der Waals surface area contributed by atoms with Crippen LogP contribution in [-0.2, 0) is 16.6 Å². The van der Waals surface area contributed by atoms with Gasteiger partial charge in [-0.3, -0.25) is 0 Å². The van der Waals surface area contributed by atoms with E-state index in [2.05, 4.69) is 18.2 Å². The molecule has 96 valence electrons. The van der Waals surface area contributed by atoms with Gasteiger partial charge in [0.1, 0.15) is 0 Å². The van der Waals surface area contributed by atoms with Crippen LogP contribution < -0.4 is 0 Å². The Labute approximate surface area is 108 Å². The molecule has 0 saturated carbocycles. The third-order valence-corrected chi connectivity index (χ3v) is 5.18. The van der Waals surface area contributed by atoms with Crippen LogP contribution in [0.2, 0.25) is 0 Å². The fourth-order valence-corrected chi connectivity index (χ4v) is 4.21. The van der Waals surface area contributed by atoms with Crippen molar-refractivity contribution in [2.24, 2.45) is 0 Å². The minimum absolute atomic E-state index is 0.0971. The second-order valence-electron chi connectivity index (χ2n) is 5.11. The number of hydrogen-bond acceptors (Lipinski definition) is 2. The maximum Gasteiger partial charge on any atom is 0.211 e. The van der Waals surface area contributed by atoms with E-state index in [1.807, 2.05) is 18.2 Å². The average Bonchev–Trinajstić information content (AvgIpc) is 2.37. The van der Waals surface area contributed by atoms with Gasteiger partial charge in [-0.25, -0.2) is 8.42 Å². The van der Waals surface area contributed by atoms with Crippen LogP contribution in [0.1, 0.15) is 29.9 Å². The van der Waals surface area contributed by atoms with Crippen LogP contribution >= 0.6 is 0 Å². The summed E-state index contributed by atoms with van der Waals surface area (Å²) in [6.07, 6.45) is 7.54. The first-order valence-electron chi connectivity index (χ1n) is 6.28. The summed E-state index contributed by atoms with van der Waals surface area (Å²) in [4.78, 5) is 0. The van der Waals surface area contributed by atoms with Gasteiger partial charge in [0, 0.05) is 18.5 Å². The summed E-state index contributed by atoms with van der Waals surface area (Å²) in [5.41, 5.74) is 2.43. The molecule has 3 rings (SSSR count). The lowest BCUT2D eigenvalue weighted by Crippen LogP contribution is -2.46. The van der Waals surface area contributed by atoms with Crippen molar-refractivity contribution in [3.05, 3.63) is 47.5 Å². The zero-order chi connectivity index (χ0) is 12.8. The molecule has 4 heteroatoms. The molecule has 2 aliphatic rings. The Kier molecular flexibility index (Phi) is 2.79. The lowest BCUT2D eigenvalue weighted by atomic mass is 9.80. The fraction of sp³-hybridized carbons (Fsp3) is 0.429. The van der Waals surface area contributed by atoms with E-state index in [0.717, 1.165) is 18.4 Å². The highest BCUT2D eigenvalue weighted by Gasteiger charge is 2.38.